The second kappa shape index (κ2) is 5.72. The molecule has 1 unspecified atom stereocenters. The van der Waals surface area contributed by atoms with Crippen molar-refractivity contribution in [1.82, 2.24) is 10.3 Å². The van der Waals surface area contributed by atoms with E-state index in [1.165, 1.54) is 35.3 Å². The van der Waals surface area contributed by atoms with Crippen LogP contribution in [0.15, 0.2) is 36.5 Å². The van der Waals surface area contributed by atoms with E-state index in [0.29, 0.717) is 6.04 Å². The van der Waals surface area contributed by atoms with Crippen molar-refractivity contribution in [2.45, 2.75) is 25.4 Å². The Kier molecular flexibility index (Phi) is 3.81. The number of hydrogen-bond donors (Lipinski definition) is 1. The van der Waals surface area contributed by atoms with Crippen LogP contribution in [0.25, 0.3) is 10.9 Å². The van der Waals surface area contributed by atoms with E-state index in [-0.39, 0.29) is 0 Å². The molecule has 0 bridgehead atoms. The summed E-state index contributed by atoms with van der Waals surface area (Å²) in [7, 11) is 0. The van der Waals surface area contributed by atoms with Gasteiger partial charge in [-0.05, 0) is 30.2 Å². The summed E-state index contributed by atoms with van der Waals surface area (Å²) in [5.41, 5.74) is 2.44. The van der Waals surface area contributed by atoms with Gasteiger partial charge < -0.3 is 5.32 Å². The number of fused-ring (bicyclic) bond motifs is 1. The Morgan fingerprint density at radius 1 is 1.28 bits per heavy atom. The molecule has 1 aliphatic rings. The van der Waals surface area contributed by atoms with Crippen molar-refractivity contribution < 1.29 is 0 Å². The lowest BCUT2D eigenvalue weighted by Crippen LogP contribution is -2.33. The Hall–Kier alpha value is -1.06. The average molecular weight is 258 g/mol. The molecule has 2 nitrogen and oxygen atoms in total. The van der Waals surface area contributed by atoms with E-state index in [2.05, 4.69) is 46.3 Å². The molecule has 18 heavy (non-hydrogen) atoms. The first-order valence-corrected chi connectivity index (χ1v) is 7.73. The van der Waals surface area contributed by atoms with Gasteiger partial charge in [-0.3, -0.25) is 4.98 Å². The zero-order chi connectivity index (χ0) is 12.2. The van der Waals surface area contributed by atoms with Crippen molar-refractivity contribution in [3.05, 3.63) is 42.1 Å². The standard InChI is InChI=1S/C15H18N2S/c1-4-12-6-2-8-16-15(12)13(5-1)10-17-14-7-3-9-18-11-14/h1-2,4-6,8,14,17H,3,7,9-11H2. The number of rotatable bonds is 3. The lowest BCUT2D eigenvalue weighted by molar-refractivity contribution is 0.508. The molecule has 2 aromatic rings. The molecular weight excluding hydrogens is 240 g/mol. The van der Waals surface area contributed by atoms with E-state index in [1.54, 1.807) is 0 Å². The van der Waals surface area contributed by atoms with Crippen molar-refractivity contribution in [2.75, 3.05) is 11.5 Å². The fraction of sp³-hybridized carbons (Fsp3) is 0.400. The highest BCUT2D eigenvalue weighted by Gasteiger charge is 2.13. The first kappa shape index (κ1) is 12.0. The highest BCUT2D eigenvalue weighted by atomic mass is 32.2. The van der Waals surface area contributed by atoms with Gasteiger partial charge in [-0.25, -0.2) is 0 Å². The Morgan fingerprint density at radius 3 is 3.11 bits per heavy atom. The minimum absolute atomic E-state index is 0.669. The Balaban J connectivity index is 1.74. The summed E-state index contributed by atoms with van der Waals surface area (Å²) in [6.45, 7) is 0.930. The summed E-state index contributed by atoms with van der Waals surface area (Å²) in [6, 6.07) is 11.2. The van der Waals surface area contributed by atoms with E-state index in [4.69, 9.17) is 0 Å². The van der Waals surface area contributed by atoms with Crippen LogP contribution in [0, 0.1) is 0 Å². The predicted molar refractivity (Wildman–Crippen MR) is 78.9 cm³/mol. The molecule has 1 aliphatic heterocycles. The van der Waals surface area contributed by atoms with Gasteiger partial charge in [-0.15, -0.1) is 0 Å². The van der Waals surface area contributed by atoms with Crippen LogP contribution in [0.2, 0.25) is 0 Å². The second-order valence-corrected chi connectivity index (χ2v) is 5.94. The molecule has 0 aliphatic carbocycles. The topological polar surface area (TPSA) is 24.9 Å². The number of nitrogens with one attached hydrogen (secondary N) is 1. The molecule has 0 radical (unpaired) electrons. The van der Waals surface area contributed by atoms with E-state index in [1.807, 2.05) is 12.3 Å². The number of thioether (sulfide) groups is 1. The quantitative estimate of drug-likeness (QED) is 0.915. The molecule has 0 amide bonds. The zero-order valence-corrected chi connectivity index (χ0v) is 11.2. The fourth-order valence-electron chi connectivity index (χ4n) is 2.47. The number of aromatic nitrogens is 1. The molecule has 94 valence electrons. The molecular formula is C15H18N2S. The minimum Gasteiger partial charge on any atom is -0.309 e. The van der Waals surface area contributed by atoms with Crippen LogP contribution in [0.1, 0.15) is 18.4 Å². The Labute approximate surface area is 112 Å². The monoisotopic (exact) mass is 258 g/mol. The summed E-state index contributed by atoms with van der Waals surface area (Å²) in [5, 5.41) is 4.90. The summed E-state index contributed by atoms with van der Waals surface area (Å²) >= 11 is 2.06. The summed E-state index contributed by atoms with van der Waals surface area (Å²) in [4.78, 5) is 4.50. The van der Waals surface area contributed by atoms with Crippen LogP contribution in [-0.2, 0) is 6.54 Å². The van der Waals surface area contributed by atoms with Crippen molar-refractivity contribution in [3.63, 3.8) is 0 Å². The molecule has 1 saturated heterocycles. The maximum absolute atomic E-state index is 4.50. The molecule has 0 saturated carbocycles. The molecule has 1 atom stereocenters. The fourth-order valence-corrected chi connectivity index (χ4v) is 3.57. The van der Waals surface area contributed by atoms with Crippen LogP contribution < -0.4 is 5.32 Å². The maximum Gasteiger partial charge on any atom is 0.0746 e. The number of pyridine rings is 1. The molecule has 0 spiro atoms. The number of benzene rings is 1. The van der Waals surface area contributed by atoms with E-state index < -0.39 is 0 Å². The van der Waals surface area contributed by atoms with Gasteiger partial charge in [-0.1, -0.05) is 24.3 Å². The Morgan fingerprint density at radius 2 is 2.22 bits per heavy atom. The molecule has 3 rings (SSSR count). The first-order chi connectivity index (χ1) is 8.93. The third-order valence-electron chi connectivity index (χ3n) is 3.46. The van der Waals surface area contributed by atoms with E-state index in [0.717, 1.165) is 12.1 Å². The van der Waals surface area contributed by atoms with Gasteiger partial charge in [0.2, 0.25) is 0 Å². The van der Waals surface area contributed by atoms with Crippen molar-refractivity contribution >= 4 is 22.7 Å². The number of hydrogen-bond acceptors (Lipinski definition) is 3. The molecule has 3 heteroatoms. The normalized spacial score (nSPS) is 20.1. The smallest absolute Gasteiger partial charge is 0.0746 e. The Bertz CT molecular complexity index is 515. The summed E-state index contributed by atoms with van der Waals surface area (Å²) in [5.74, 6) is 2.58. The SMILES string of the molecule is c1cnc2c(CNC3CCCSC3)cccc2c1. The third-order valence-corrected chi connectivity index (χ3v) is 4.67. The largest absolute Gasteiger partial charge is 0.309 e. The van der Waals surface area contributed by atoms with E-state index in [9.17, 15) is 0 Å². The van der Waals surface area contributed by atoms with Crippen molar-refractivity contribution in [1.29, 1.82) is 0 Å². The molecule has 1 aromatic heterocycles. The van der Waals surface area contributed by atoms with Gasteiger partial charge in [0.1, 0.15) is 0 Å². The van der Waals surface area contributed by atoms with Gasteiger partial charge in [0, 0.05) is 29.9 Å². The molecule has 2 heterocycles. The van der Waals surface area contributed by atoms with Gasteiger partial charge in [-0.2, -0.15) is 11.8 Å². The maximum atomic E-state index is 4.50. The van der Waals surface area contributed by atoms with Crippen molar-refractivity contribution in [2.24, 2.45) is 0 Å². The number of nitrogens with zero attached hydrogens (tertiary/aromatic N) is 1. The number of para-hydroxylation sites is 1. The lowest BCUT2D eigenvalue weighted by atomic mass is 10.1. The van der Waals surface area contributed by atoms with Gasteiger partial charge in [0.05, 0.1) is 5.52 Å². The zero-order valence-electron chi connectivity index (χ0n) is 10.4. The predicted octanol–water partition coefficient (Wildman–Crippen LogP) is 3.22. The average Bonchev–Trinajstić information content (AvgIpc) is 2.46. The van der Waals surface area contributed by atoms with Gasteiger partial charge >= 0.3 is 0 Å². The highest BCUT2D eigenvalue weighted by Crippen LogP contribution is 2.19. The van der Waals surface area contributed by atoms with Crippen LogP contribution >= 0.6 is 11.8 Å². The van der Waals surface area contributed by atoms with Crippen LogP contribution in [0.4, 0.5) is 0 Å². The van der Waals surface area contributed by atoms with Crippen LogP contribution in [0.5, 0.6) is 0 Å². The second-order valence-electron chi connectivity index (χ2n) is 4.79. The van der Waals surface area contributed by atoms with Crippen LogP contribution in [-0.4, -0.2) is 22.5 Å². The summed E-state index contributed by atoms with van der Waals surface area (Å²) < 4.78 is 0. The van der Waals surface area contributed by atoms with E-state index >= 15 is 0 Å². The lowest BCUT2D eigenvalue weighted by Gasteiger charge is -2.22. The van der Waals surface area contributed by atoms with Gasteiger partial charge in [0.15, 0.2) is 0 Å². The highest BCUT2D eigenvalue weighted by molar-refractivity contribution is 7.99. The molecule has 1 N–H and O–H groups in total. The van der Waals surface area contributed by atoms with Crippen molar-refractivity contribution in [3.8, 4) is 0 Å². The third kappa shape index (κ3) is 2.68. The first-order valence-electron chi connectivity index (χ1n) is 6.57. The van der Waals surface area contributed by atoms with Gasteiger partial charge in [0.25, 0.3) is 0 Å². The van der Waals surface area contributed by atoms with Crippen LogP contribution in [0.3, 0.4) is 0 Å². The minimum atomic E-state index is 0.669. The summed E-state index contributed by atoms with van der Waals surface area (Å²) in [6.07, 6.45) is 4.53. The molecule has 1 aromatic carbocycles. The molecule has 1 fully saturated rings.